The van der Waals surface area contributed by atoms with Gasteiger partial charge in [-0.2, -0.15) is 0 Å². The number of ether oxygens (including phenoxy) is 2. The number of phenolic OH excluding ortho intramolecular Hbond substituents is 1. The summed E-state index contributed by atoms with van der Waals surface area (Å²) in [5, 5.41) is 10.1. The third-order valence-electron chi connectivity index (χ3n) is 4.69. The summed E-state index contributed by atoms with van der Waals surface area (Å²) in [6, 6.07) is 12.2. The molecule has 0 bridgehead atoms. The zero-order chi connectivity index (χ0) is 21.1. The lowest BCUT2D eigenvalue weighted by Crippen LogP contribution is -2.24. The monoisotopic (exact) mass is 457 g/mol. The third-order valence-corrected chi connectivity index (χ3v) is 5.18. The van der Waals surface area contributed by atoms with Gasteiger partial charge in [-0.1, -0.05) is 28.1 Å². The molecule has 0 fully saturated rings. The Balaban J connectivity index is 2.03. The largest absolute Gasteiger partial charge is 0.507 e. The Kier molecular flexibility index (Phi) is 6.08. The molecule has 150 valence electrons. The molecule has 0 saturated carbocycles. The highest BCUT2D eigenvalue weighted by atomic mass is 79.9. The first kappa shape index (κ1) is 20.7. The van der Waals surface area contributed by atoms with E-state index in [1.807, 2.05) is 24.3 Å². The molecule has 0 radical (unpaired) electrons. The Morgan fingerprint density at radius 1 is 1.17 bits per heavy atom. The second kappa shape index (κ2) is 8.53. The van der Waals surface area contributed by atoms with Crippen molar-refractivity contribution in [2.24, 2.45) is 0 Å². The molecule has 7 heteroatoms. The zero-order valence-electron chi connectivity index (χ0n) is 16.2. The van der Waals surface area contributed by atoms with Gasteiger partial charge in [0.2, 0.25) is 0 Å². The standard InChI is InChI=1S/C22H20BrNO5/c1-13-20(22(27)29-3)18(11-15-10-16(23)6-9-19(15)25)21(26)24(13)12-14-4-7-17(28-2)8-5-14/h4-11,25H,12H2,1-3H3/b18-11-. The van der Waals surface area contributed by atoms with Crippen molar-refractivity contribution < 1.29 is 24.2 Å². The number of phenols is 1. The van der Waals surface area contributed by atoms with Gasteiger partial charge in [0.25, 0.3) is 5.91 Å². The molecular weight excluding hydrogens is 438 g/mol. The van der Waals surface area contributed by atoms with Gasteiger partial charge in [-0.05, 0) is 48.9 Å². The predicted molar refractivity (Wildman–Crippen MR) is 112 cm³/mol. The van der Waals surface area contributed by atoms with Crippen LogP contribution in [-0.4, -0.2) is 36.1 Å². The number of amides is 1. The molecule has 0 spiro atoms. The normalized spacial score (nSPS) is 15.2. The van der Waals surface area contributed by atoms with Crippen LogP contribution in [0, 0.1) is 0 Å². The molecule has 2 aromatic rings. The molecule has 0 aliphatic carbocycles. The Labute approximate surface area is 177 Å². The maximum Gasteiger partial charge on any atom is 0.340 e. The molecule has 1 aliphatic heterocycles. The number of esters is 1. The van der Waals surface area contributed by atoms with E-state index in [2.05, 4.69) is 15.9 Å². The van der Waals surface area contributed by atoms with E-state index in [1.165, 1.54) is 24.2 Å². The minimum Gasteiger partial charge on any atom is -0.507 e. The highest BCUT2D eigenvalue weighted by Gasteiger charge is 2.37. The molecular formula is C22H20BrNO5. The number of halogens is 1. The van der Waals surface area contributed by atoms with Gasteiger partial charge in [0.15, 0.2) is 0 Å². The second-order valence-corrected chi connectivity index (χ2v) is 7.37. The van der Waals surface area contributed by atoms with Gasteiger partial charge >= 0.3 is 5.97 Å². The molecule has 29 heavy (non-hydrogen) atoms. The average Bonchev–Trinajstić information content (AvgIpc) is 2.95. The van der Waals surface area contributed by atoms with Gasteiger partial charge in [0.1, 0.15) is 11.5 Å². The van der Waals surface area contributed by atoms with Crippen LogP contribution in [0.4, 0.5) is 0 Å². The molecule has 0 atom stereocenters. The van der Waals surface area contributed by atoms with E-state index in [-0.39, 0.29) is 29.3 Å². The molecule has 0 unspecified atom stereocenters. The number of benzene rings is 2. The number of rotatable bonds is 5. The molecule has 0 aromatic heterocycles. The lowest BCUT2D eigenvalue weighted by atomic mass is 10.0. The van der Waals surface area contributed by atoms with Crippen LogP contribution in [-0.2, 0) is 20.9 Å². The second-order valence-electron chi connectivity index (χ2n) is 6.45. The van der Waals surface area contributed by atoms with Gasteiger partial charge in [-0.25, -0.2) is 4.79 Å². The summed E-state index contributed by atoms with van der Waals surface area (Å²) >= 11 is 3.35. The first-order chi connectivity index (χ1) is 13.8. The van der Waals surface area contributed by atoms with Crippen LogP contribution in [0.15, 0.2) is 63.8 Å². The van der Waals surface area contributed by atoms with Crippen LogP contribution in [0.2, 0.25) is 0 Å². The SMILES string of the molecule is COC(=O)C1=C(C)N(Cc2ccc(OC)cc2)C(=O)/C1=C\c1cc(Br)ccc1O. The average molecular weight is 458 g/mol. The van der Waals surface area contributed by atoms with E-state index in [0.29, 0.717) is 11.3 Å². The van der Waals surface area contributed by atoms with Crippen LogP contribution in [0.5, 0.6) is 11.5 Å². The highest BCUT2D eigenvalue weighted by Crippen LogP contribution is 2.34. The van der Waals surface area contributed by atoms with Crippen LogP contribution in [0.1, 0.15) is 18.1 Å². The van der Waals surface area contributed by atoms with Crippen molar-refractivity contribution >= 4 is 33.9 Å². The van der Waals surface area contributed by atoms with Crippen molar-refractivity contribution in [3.8, 4) is 11.5 Å². The molecule has 2 aromatic carbocycles. The molecule has 1 amide bonds. The number of nitrogens with zero attached hydrogens (tertiary/aromatic N) is 1. The smallest absolute Gasteiger partial charge is 0.340 e. The fourth-order valence-electron chi connectivity index (χ4n) is 3.13. The summed E-state index contributed by atoms with van der Waals surface area (Å²) in [7, 11) is 2.86. The summed E-state index contributed by atoms with van der Waals surface area (Å²) in [6.07, 6.45) is 1.51. The molecule has 1 N–H and O–H groups in total. The third kappa shape index (κ3) is 4.19. The van der Waals surface area contributed by atoms with Crippen LogP contribution in [0.25, 0.3) is 6.08 Å². The van der Waals surface area contributed by atoms with Crippen LogP contribution in [0.3, 0.4) is 0 Å². The lowest BCUT2D eigenvalue weighted by molar-refractivity contribution is -0.136. The van der Waals surface area contributed by atoms with Crippen molar-refractivity contribution in [3.05, 3.63) is 74.9 Å². The summed E-state index contributed by atoms with van der Waals surface area (Å²) in [4.78, 5) is 27.1. The number of carbonyl (C=O) groups excluding carboxylic acids is 2. The van der Waals surface area contributed by atoms with Gasteiger partial charge in [-0.15, -0.1) is 0 Å². The van der Waals surface area contributed by atoms with E-state index < -0.39 is 5.97 Å². The Bertz CT molecular complexity index is 1020. The number of aromatic hydroxyl groups is 1. The highest BCUT2D eigenvalue weighted by molar-refractivity contribution is 9.10. The maximum atomic E-state index is 13.2. The van der Waals surface area contributed by atoms with Crippen LogP contribution >= 0.6 is 15.9 Å². The summed E-state index contributed by atoms with van der Waals surface area (Å²) in [6.45, 7) is 1.99. The van der Waals surface area contributed by atoms with Crippen LogP contribution < -0.4 is 4.74 Å². The number of methoxy groups -OCH3 is 2. The zero-order valence-corrected chi connectivity index (χ0v) is 17.8. The fourth-order valence-corrected chi connectivity index (χ4v) is 3.51. The molecule has 1 heterocycles. The summed E-state index contributed by atoms with van der Waals surface area (Å²) in [5.74, 6) is -0.217. The first-order valence-corrected chi connectivity index (χ1v) is 9.59. The van der Waals surface area contributed by atoms with Crippen molar-refractivity contribution in [2.75, 3.05) is 14.2 Å². The predicted octanol–water partition coefficient (Wildman–Crippen LogP) is 4.04. The number of hydrogen-bond donors (Lipinski definition) is 1. The molecule has 1 aliphatic rings. The Morgan fingerprint density at radius 3 is 2.48 bits per heavy atom. The molecule has 0 saturated heterocycles. The first-order valence-electron chi connectivity index (χ1n) is 8.80. The van der Waals surface area contributed by atoms with Crippen molar-refractivity contribution in [1.29, 1.82) is 0 Å². The maximum absolute atomic E-state index is 13.2. The summed E-state index contributed by atoms with van der Waals surface area (Å²) < 4.78 is 10.8. The number of carbonyl (C=O) groups is 2. The van der Waals surface area contributed by atoms with Gasteiger partial charge in [-0.3, -0.25) is 4.79 Å². The Hall–Kier alpha value is -3.06. The van der Waals surface area contributed by atoms with Crippen molar-refractivity contribution in [2.45, 2.75) is 13.5 Å². The molecule has 6 nitrogen and oxygen atoms in total. The minimum absolute atomic E-state index is 0.00368. The quantitative estimate of drug-likeness (QED) is 0.541. The van der Waals surface area contributed by atoms with E-state index in [9.17, 15) is 14.7 Å². The van der Waals surface area contributed by atoms with Gasteiger partial charge in [0, 0.05) is 15.7 Å². The van der Waals surface area contributed by atoms with Gasteiger partial charge in [0.05, 0.1) is 31.9 Å². The number of allylic oxidation sites excluding steroid dienone is 1. The minimum atomic E-state index is -0.603. The van der Waals surface area contributed by atoms with E-state index in [1.54, 1.807) is 26.2 Å². The lowest BCUT2D eigenvalue weighted by Gasteiger charge is -2.18. The fraction of sp³-hybridized carbons (Fsp3) is 0.182. The van der Waals surface area contributed by atoms with Crippen molar-refractivity contribution in [3.63, 3.8) is 0 Å². The Morgan fingerprint density at radius 2 is 1.86 bits per heavy atom. The van der Waals surface area contributed by atoms with E-state index >= 15 is 0 Å². The number of hydrogen-bond acceptors (Lipinski definition) is 5. The summed E-state index contributed by atoms with van der Waals surface area (Å²) in [5.41, 5.74) is 2.16. The van der Waals surface area contributed by atoms with E-state index in [4.69, 9.17) is 9.47 Å². The topological polar surface area (TPSA) is 76.1 Å². The van der Waals surface area contributed by atoms with E-state index in [0.717, 1.165) is 15.8 Å². The van der Waals surface area contributed by atoms with Gasteiger partial charge < -0.3 is 19.5 Å². The molecule has 3 rings (SSSR count). The van der Waals surface area contributed by atoms with Crippen molar-refractivity contribution in [1.82, 2.24) is 4.90 Å².